The van der Waals surface area contributed by atoms with Crippen molar-refractivity contribution in [3.05, 3.63) is 36.1 Å². The second-order valence-electron chi connectivity index (χ2n) is 5.96. The quantitative estimate of drug-likeness (QED) is 0.641. The van der Waals surface area contributed by atoms with Crippen molar-refractivity contribution in [2.45, 2.75) is 58.9 Å². The van der Waals surface area contributed by atoms with Gasteiger partial charge in [-0.05, 0) is 43.9 Å². The Morgan fingerprint density at radius 2 is 1.71 bits per heavy atom. The van der Waals surface area contributed by atoms with Crippen molar-refractivity contribution in [1.29, 1.82) is 0 Å². The van der Waals surface area contributed by atoms with Crippen LogP contribution in [0.3, 0.4) is 0 Å². The normalized spacial score (nSPS) is 13.1. The van der Waals surface area contributed by atoms with Gasteiger partial charge in [0.2, 0.25) is 0 Å². The molecular weight excluding hydrogens is 258 g/mol. The van der Waals surface area contributed by atoms with Crippen LogP contribution in [0.5, 0.6) is 0 Å². The molecule has 2 rings (SSSR count). The molecule has 0 spiro atoms. The minimum Gasteiger partial charge on any atom is -0.459 e. The Morgan fingerprint density at radius 3 is 2.33 bits per heavy atom. The zero-order valence-corrected chi connectivity index (χ0v) is 13.7. The van der Waals surface area contributed by atoms with Crippen LogP contribution in [0.25, 0.3) is 11.0 Å². The summed E-state index contributed by atoms with van der Waals surface area (Å²) in [5, 5.41) is 4.93. The fourth-order valence-corrected chi connectivity index (χ4v) is 3.17. The Hall–Kier alpha value is -1.28. The summed E-state index contributed by atoms with van der Waals surface area (Å²) in [4.78, 5) is 0. The molecular formula is C19H29NO. The Labute approximate surface area is 128 Å². The Morgan fingerprint density at radius 1 is 1.00 bits per heavy atom. The first-order chi connectivity index (χ1) is 10.3. The molecule has 2 nitrogen and oxygen atoms in total. The van der Waals surface area contributed by atoms with Crippen molar-refractivity contribution in [2.24, 2.45) is 5.92 Å². The third kappa shape index (κ3) is 4.10. The number of benzene rings is 1. The second-order valence-corrected chi connectivity index (χ2v) is 5.96. The van der Waals surface area contributed by atoms with E-state index in [0.717, 1.165) is 24.3 Å². The van der Waals surface area contributed by atoms with E-state index in [1.165, 1.54) is 31.1 Å². The van der Waals surface area contributed by atoms with E-state index in [9.17, 15) is 0 Å². The fraction of sp³-hybridized carbons (Fsp3) is 0.579. The molecule has 2 aromatic rings. The van der Waals surface area contributed by atoms with E-state index >= 15 is 0 Å². The van der Waals surface area contributed by atoms with Gasteiger partial charge >= 0.3 is 0 Å². The molecule has 0 bridgehead atoms. The van der Waals surface area contributed by atoms with Gasteiger partial charge < -0.3 is 9.73 Å². The van der Waals surface area contributed by atoms with Gasteiger partial charge in [0.15, 0.2) is 0 Å². The van der Waals surface area contributed by atoms with E-state index in [0.29, 0.717) is 12.0 Å². The van der Waals surface area contributed by atoms with Crippen LogP contribution >= 0.6 is 0 Å². The number of hydrogen-bond donors (Lipinski definition) is 1. The highest BCUT2D eigenvalue weighted by molar-refractivity contribution is 5.77. The van der Waals surface area contributed by atoms with Crippen molar-refractivity contribution in [3.63, 3.8) is 0 Å². The molecule has 0 aliphatic carbocycles. The van der Waals surface area contributed by atoms with Crippen molar-refractivity contribution >= 4 is 11.0 Å². The Kier molecular flexibility index (Phi) is 6.31. The lowest BCUT2D eigenvalue weighted by Gasteiger charge is -2.26. The lowest BCUT2D eigenvalue weighted by molar-refractivity contribution is 0.282. The molecule has 0 radical (unpaired) electrons. The summed E-state index contributed by atoms with van der Waals surface area (Å²) < 4.78 is 6.14. The highest BCUT2D eigenvalue weighted by Crippen LogP contribution is 2.33. The predicted molar refractivity (Wildman–Crippen MR) is 90.6 cm³/mol. The van der Waals surface area contributed by atoms with E-state index in [4.69, 9.17) is 4.42 Å². The summed E-state index contributed by atoms with van der Waals surface area (Å²) in [6.07, 6.45) is 6.13. The van der Waals surface area contributed by atoms with Gasteiger partial charge in [0, 0.05) is 5.39 Å². The van der Waals surface area contributed by atoms with Gasteiger partial charge in [0.25, 0.3) is 0 Å². The number of fused-ring (bicyclic) bond motifs is 1. The molecule has 0 saturated carbocycles. The first kappa shape index (κ1) is 16.1. The molecule has 1 aromatic heterocycles. The molecule has 1 heterocycles. The molecule has 1 unspecified atom stereocenters. The summed E-state index contributed by atoms with van der Waals surface area (Å²) >= 11 is 0. The van der Waals surface area contributed by atoms with Crippen molar-refractivity contribution in [1.82, 2.24) is 5.32 Å². The minimum atomic E-state index is 0.345. The van der Waals surface area contributed by atoms with Crippen LogP contribution < -0.4 is 5.32 Å². The molecule has 1 atom stereocenters. The SMILES string of the molecule is CCCNC(c1cc2ccccc2o1)C(CCC)CCC. The highest BCUT2D eigenvalue weighted by atomic mass is 16.3. The lowest BCUT2D eigenvalue weighted by Crippen LogP contribution is -2.28. The predicted octanol–water partition coefficient (Wildman–Crippen LogP) is 5.69. The Bertz CT molecular complexity index is 492. The highest BCUT2D eigenvalue weighted by Gasteiger charge is 2.24. The standard InChI is InChI=1S/C19H29NO/c1-4-9-15(10-5-2)19(20-13-6-3)18-14-16-11-7-8-12-17(16)21-18/h7-8,11-12,14-15,19-20H,4-6,9-10,13H2,1-3H3. The number of nitrogens with one attached hydrogen (secondary N) is 1. The molecule has 1 aromatic carbocycles. The molecule has 0 saturated heterocycles. The lowest BCUT2D eigenvalue weighted by atomic mass is 9.88. The van der Waals surface area contributed by atoms with E-state index in [2.05, 4.69) is 50.4 Å². The van der Waals surface area contributed by atoms with Gasteiger partial charge in [-0.15, -0.1) is 0 Å². The van der Waals surface area contributed by atoms with E-state index in [-0.39, 0.29) is 0 Å². The van der Waals surface area contributed by atoms with Crippen molar-refractivity contribution in [2.75, 3.05) is 6.54 Å². The average molecular weight is 287 g/mol. The Balaban J connectivity index is 2.28. The number of hydrogen-bond acceptors (Lipinski definition) is 2. The second kappa shape index (κ2) is 8.23. The first-order valence-corrected chi connectivity index (χ1v) is 8.52. The number of furan rings is 1. The molecule has 0 amide bonds. The van der Waals surface area contributed by atoms with E-state index in [1.54, 1.807) is 0 Å². The topological polar surface area (TPSA) is 25.2 Å². The maximum atomic E-state index is 6.14. The van der Waals surface area contributed by atoms with Crippen LogP contribution in [0.4, 0.5) is 0 Å². The van der Waals surface area contributed by atoms with Gasteiger partial charge in [-0.25, -0.2) is 0 Å². The van der Waals surface area contributed by atoms with Crippen LogP contribution in [-0.2, 0) is 0 Å². The molecule has 0 fully saturated rings. The molecule has 0 aliphatic heterocycles. The smallest absolute Gasteiger partial charge is 0.134 e. The maximum absolute atomic E-state index is 6.14. The summed E-state index contributed by atoms with van der Waals surface area (Å²) in [6.45, 7) is 7.82. The molecule has 1 N–H and O–H groups in total. The summed E-state index contributed by atoms with van der Waals surface area (Å²) in [7, 11) is 0. The van der Waals surface area contributed by atoms with Crippen LogP contribution in [0.2, 0.25) is 0 Å². The molecule has 2 heteroatoms. The minimum absolute atomic E-state index is 0.345. The summed E-state index contributed by atoms with van der Waals surface area (Å²) in [6, 6.07) is 10.9. The van der Waals surface area contributed by atoms with Gasteiger partial charge in [0.05, 0.1) is 6.04 Å². The van der Waals surface area contributed by atoms with Gasteiger partial charge in [-0.1, -0.05) is 51.8 Å². The molecule has 116 valence electrons. The average Bonchev–Trinajstić information content (AvgIpc) is 2.91. The zero-order valence-electron chi connectivity index (χ0n) is 13.7. The third-order valence-corrected chi connectivity index (χ3v) is 4.16. The van der Waals surface area contributed by atoms with Crippen LogP contribution in [0.1, 0.15) is 64.7 Å². The van der Waals surface area contributed by atoms with Crippen LogP contribution in [0, 0.1) is 5.92 Å². The van der Waals surface area contributed by atoms with Gasteiger partial charge in [0.1, 0.15) is 11.3 Å². The number of rotatable bonds is 9. The van der Waals surface area contributed by atoms with E-state index < -0.39 is 0 Å². The van der Waals surface area contributed by atoms with E-state index in [1.807, 2.05) is 6.07 Å². The summed E-state index contributed by atoms with van der Waals surface area (Å²) in [5.74, 6) is 1.77. The van der Waals surface area contributed by atoms with Crippen molar-refractivity contribution in [3.8, 4) is 0 Å². The first-order valence-electron chi connectivity index (χ1n) is 8.52. The van der Waals surface area contributed by atoms with Crippen LogP contribution in [0.15, 0.2) is 34.7 Å². The van der Waals surface area contributed by atoms with Gasteiger partial charge in [-0.2, -0.15) is 0 Å². The maximum Gasteiger partial charge on any atom is 0.134 e. The summed E-state index contributed by atoms with van der Waals surface area (Å²) in [5.41, 5.74) is 1.00. The zero-order chi connectivity index (χ0) is 15.1. The number of para-hydroxylation sites is 1. The molecule has 21 heavy (non-hydrogen) atoms. The van der Waals surface area contributed by atoms with Crippen LogP contribution in [-0.4, -0.2) is 6.54 Å². The van der Waals surface area contributed by atoms with Crippen molar-refractivity contribution < 1.29 is 4.42 Å². The molecule has 0 aliphatic rings. The third-order valence-electron chi connectivity index (χ3n) is 4.16. The van der Waals surface area contributed by atoms with Gasteiger partial charge in [-0.3, -0.25) is 0 Å². The monoisotopic (exact) mass is 287 g/mol. The fourth-order valence-electron chi connectivity index (χ4n) is 3.17. The largest absolute Gasteiger partial charge is 0.459 e.